The number of benzene rings is 2. The fraction of sp³-hybridized carbons (Fsp3) is 0.105. The van der Waals surface area contributed by atoms with Crippen molar-refractivity contribution >= 4 is 52.3 Å². The maximum atomic E-state index is 13.3. The molecule has 1 fully saturated rings. The number of hydrogen-bond acceptors (Lipinski definition) is 5. The second kappa shape index (κ2) is 8.41. The van der Waals surface area contributed by atoms with E-state index in [2.05, 4.69) is 5.32 Å². The van der Waals surface area contributed by atoms with Gasteiger partial charge in [-0.15, -0.1) is 11.8 Å². The van der Waals surface area contributed by atoms with Crippen LogP contribution in [0.15, 0.2) is 58.3 Å². The molecule has 27 heavy (non-hydrogen) atoms. The van der Waals surface area contributed by atoms with E-state index in [9.17, 15) is 18.8 Å². The lowest BCUT2D eigenvalue weighted by molar-refractivity contribution is -0.127. The minimum Gasteiger partial charge on any atom is -0.324 e. The number of nitrogens with one attached hydrogen (secondary N) is 1. The zero-order chi connectivity index (χ0) is 19.4. The molecule has 2 aromatic carbocycles. The number of halogens is 1. The lowest BCUT2D eigenvalue weighted by Crippen LogP contribution is -2.36. The van der Waals surface area contributed by atoms with Gasteiger partial charge in [0.05, 0.1) is 4.91 Å². The summed E-state index contributed by atoms with van der Waals surface area (Å²) in [5, 5.41) is 2.15. The number of carbonyl (C=O) groups is 3. The summed E-state index contributed by atoms with van der Waals surface area (Å²) < 4.78 is 13.3. The lowest BCUT2D eigenvalue weighted by Gasteiger charge is -2.12. The summed E-state index contributed by atoms with van der Waals surface area (Å²) in [4.78, 5) is 38.8. The Balaban J connectivity index is 1.69. The van der Waals surface area contributed by atoms with Crippen molar-refractivity contribution in [2.45, 2.75) is 4.90 Å². The van der Waals surface area contributed by atoms with Gasteiger partial charge in [0, 0.05) is 10.6 Å². The highest BCUT2D eigenvalue weighted by Gasteiger charge is 2.36. The van der Waals surface area contributed by atoms with Crippen molar-refractivity contribution in [1.29, 1.82) is 0 Å². The van der Waals surface area contributed by atoms with E-state index in [1.54, 1.807) is 18.2 Å². The molecule has 0 aliphatic carbocycles. The maximum Gasteiger partial charge on any atom is 0.294 e. The Kier molecular flexibility index (Phi) is 5.98. The molecule has 0 saturated carbocycles. The first-order valence-corrected chi connectivity index (χ1v) is 9.95. The Bertz CT molecular complexity index is 946. The third kappa shape index (κ3) is 4.78. The van der Waals surface area contributed by atoms with E-state index in [0.29, 0.717) is 11.3 Å². The smallest absolute Gasteiger partial charge is 0.294 e. The zero-order valence-electron chi connectivity index (χ0n) is 14.3. The van der Waals surface area contributed by atoms with Gasteiger partial charge in [-0.2, -0.15) is 0 Å². The van der Waals surface area contributed by atoms with Gasteiger partial charge in [-0.05, 0) is 60.0 Å². The summed E-state index contributed by atoms with van der Waals surface area (Å²) in [7, 11) is 0. The third-order valence-electron chi connectivity index (χ3n) is 3.68. The number of imide groups is 1. The Morgan fingerprint density at radius 3 is 2.74 bits per heavy atom. The Morgan fingerprint density at radius 1 is 1.22 bits per heavy atom. The molecule has 0 radical (unpaired) electrons. The number of nitrogens with zero attached hydrogens (tertiary/aromatic N) is 1. The molecule has 1 saturated heterocycles. The van der Waals surface area contributed by atoms with Gasteiger partial charge in [0.1, 0.15) is 12.4 Å². The van der Waals surface area contributed by atoms with Gasteiger partial charge in [-0.3, -0.25) is 19.3 Å². The average molecular weight is 402 g/mol. The van der Waals surface area contributed by atoms with Crippen LogP contribution < -0.4 is 5.32 Å². The molecule has 0 unspecified atom stereocenters. The quantitative estimate of drug-likeness (QED) is 0.599. The third-order valence-corrected chi connectivity index (χ3v) is 5.31. The van der Waals surface area contributed by atoms with E-state index in [1.807, 2.05) is 18.4 Å². The van der Waals surface area contributed by atoms with Crippen LogP contribution in [0.2, 0.25) is 0 Å². The summed E-state index contributed by atoms with van der Waals surface area (Å²) >= 11 is 2.27. The molecular weight excluding hydrogens is 387 g/mol. The van der Waals surface area contributed by atoms with Crippen LogP contribution in [0.1, 0.15) is 5.56 Å². The lowest BCUT2D eigenvalue weighted by atomic mass is 10.2. The molecule has 8 heteroatoms. The topological polar surface area (TPSA) is 66.5 Å². The van der Waals surface area contributed by atoms with Crippen LogP contribution in [0.3, 0.4) is 0 Å². The molecule has 3 amide bonds. The van der Waals surface area contributed by atoms with E-state index in [-0.39, 0.29) is 11.4 Å². The summed E-state index contributed by atoms with van der Waals surface area (Å²) in [5.74, 6) is -1.47. The zero-order valence-corrected chi connectivity index (χ0v) is 15.9. The van der Waals surface area contributed by atoms with E-state index in [0.717, 1.165) is 21.6 Å². The summed E-state index contributed by atoms with van der Waals surface area (Å²) in [6, 6.07) is 13.0. The van der Waals surface area contributed by atoms with Gasteiger partial charge in [0.25, 0.3) is 11.1 Å². The van der Waals surface area contributed by atoms with E-state index < -0.39 is 22.9 Å². The van der Waals surface area contributed by atoms with Crippen molar-refractivity contribution < 1.29 is 18.8 Å². The average Bonchev–Trinajstić information content (AvgIpc) is 2.89. The summed E-state index contributed by atoms with van der Waals surface area (Å²) in [6.45, 7) is -0.380. The molecule has 0 atom stereocenters. The van der Waals surface area contributed by atoms with Crippen molar-refractivity contribution in [3.05, 3.63) is 64.8 Å². The van der Waals surface area contributed by atoms with Crippen LogP contribution in [0.4, 0.5) is 14.9 Å². The van der Waals surface area contributed by atoms with Crippen molar-refractivity contribution in [3.8, 4) is 0 Å². The van der Waals surface area contributed by atoms with Gasteiger partial charge in [0.2, 0.25) is 5.91 Å². The molecule has 0 bridgehead atoms. The molecule has 0 spiro atoms. The van der Waals surface area contributed by atoms with Gasteiger partial charge < -0.3 is 5.32 Å². The molecule has 0 aromatic heterocycles. The molecule has 1 aliphatic rings. The molecular formula is C19H15FN2O3S2. The predicted octanol–water partition coefficient (Wildman–Crippen LogP) is 4.22. The predicted molar refractivity (Wildman–Crippen MR) is 106 cm³/mol. The number of carbonyl (C=O) groups excluding carboxylic acids is 3. The van der Waals surface area contributed by atoms with Crippen molar-refractivity contribution in [2.24, 2.45) is 0 Å². The van der Waals surface area contributed by atoms with E-state index >= 15 is 0 Å². The molecule has 1 heterocycles. The van der Waals surface area contributed by atoms with Gasteiger partial charge in [0.15, 0.2) is 0 Å². The summed E-state index contributed by atoms with van der Waals surface area (Å²) in [5.41, 5.74) is 1.06. The second-order valence-electron chi connectivity index (χ2n) is 5.60. The molecule has 5 nitrogen and oxygen atoms in total. The maximum absolute atomic E-state index is 13.3. The van der Waals surface area contributed by atoms with Crippen LogP contribution >= 0.6 is 23.5 Å². The van der Waals surface area contributed by atoms with Crippen molar-refractivity contribution in [1.82, 2.24) is 4.90 Å². The monoisotopic (exact) mass is 402 g/mol. The first kappa shape index (κ1) is 19.2. The standard InChI is InChI=1S/C19H15FN2O3S2/c1-26-15-7-3-6-14(10-15)21-17(23)11-22-18(24)16(27-19(22)25)9-12-4-2-5-13(20)8-12/h2-10H,11H2,1H3,(H,21,23)/b16-9+. The Hall–Kier alpha value is -2.58. The molecule has 1 N–H and O–H groups in total. The first-order valence-electron chi connectivity index (χ1n) is 7.91. The van der Waals surface area contributed by atoms with Crippen molar-refractivity contribution in [3.63, 3.8) is 0 Å². The molecule has 1 aliphatic heterocycles. The SMILES string of the molecule is CSc1cccc(NC(=O)CN2C(=O)S/C(=C/c3cccc(F)c3)C2=O)c1. The fourth-order valence-electron chi connectivity index (χ4n) is 2.43. The van der Waals surface area contributed by atoms with Gasteiger partial charge >= 0.3 is 0 Å². The second-order valence-corrected chi connectivity index (χ2v) is 7.48. The fourth-order valence-corrected chi connectivity index (χ4v) is 3.73. The highest BCUT2D eigenvalue weighted by molar-refractivity contribution is 8.18. The highest BCUT2D eigenvalue weighted by Crippen LogP contribution is 2.32. The highest BCUT2D eigenvalue weighted by atomic mass is 32.2. The largest absolute Gasteiger partial charge is 0.324 e. The number of anilines is 1. The minimum absolute atomic E-state index is 0.155. The molecule has 2 aromatic rings. The van der Waals surface area contributed by atoms with Crippen LogP contribution in [0.5, 0.6) is 0 Å². The minimum atomic E-state index is -0.567. The number of amides is 3. The molecule has 138 valence electrons. The van der Waals surface area contributed by atoms with Gasteiger partial charge in [-0.25, -0.2) is 4.39 Å². The van der Waals surface area contributed by atoms with Crippen LogP contribution in [-0.4, -0.2) is 34.8 Å². The van der Waals surface area contributed by atoms with Crippen LogP contribution in [-0.2, 0) is 9.59 Å². The van der Waals surface area contributed by atoms with Crippen molar-refractivity contribution in [2.75, 3.05) is 18.1 Å². The first-order chi connectivity index (χ1) is 13.0. The van der Waals surface area contributed by atoms with E-state index in [4.69, 9.17) is 0 Å². The summed E-state index contributed by atoms with van der Waals surface area (Å²) in [6.07, 6.45) is 3.36. The van der Waals surface area contributed by atoms with Crippen LogP contribution in [0, 0.1) is 5.82 Å². The number of rotatable bonds is 5. The molecule has 3 rings (SSSR count). The normalized spacial score (nSPS) is 15.5. The number of hydrogen-bond donors (Lipinski definition) is 1. The van der Waals surface area contributed by atoms with E-state index in [1.165, 1.54) is 36.0 Å². The van der Waals surface area contributed by atoms with Crippen LogP contribution in [0.25, 0.3) is 6.08 Å². The Labute approximate surface area is 164 Å². The van der Waals surface area contributed by atoms with Gasteiger partial charge in [-0.1, -0.05) is 18.2 Å². The Morgan fingerprint density at radius 2 is 2.00 bits per heavy atom. The number of thioether (sulfide) groups is 2.